The molecule has 4 nitrogen and oxygen atoms in total. The summed E-state index contributed by atoms with van der Waals surface area (Å²) in [6, 6.07) is 0. The average molecular weight is 278 g/mol. The molecule has 7 heteroatoms. The molecule has 0 aliphatic heterocycles. The molecule has 1 N–H and O–H groups in total. The molecule has 0 amide bonds. The molecule has 0 aromatic carbocycles. The fraction of sp³-hybridized carbons (Fsp3) is 0.750. The standard InChI is InChI=1S/C4H11N.C2Cl2O2.C2H6OS/c1-3-5-4-2;3-1(5)2(4)6;1-4(2)3/h5H,3-4H2,1-2H3;;1-2H3. The van der Waals surface area contributed by atoms with E-state index in [-0.39, 0.29) is 0 Å². The van der Waals surface area contributed by atoms with Crippen LogP contribution >= 0.6 is 23.2 Å². The van der Waals surface area contributed by atoms with Crippen molar-refractivity contribution in [2.75, 3.05) is 25.6 Å². The van der Waals surface area contributed by atoms with Crippen LogP contribution in [0.25, 0.3) is 0 Å². The van der Waals surface area contributed by atoms with E-state index in [1.54, 1.807) is 12.5 Å². The minimum absolute atomic E-state index is 0.611. The second kappa shape index (κ2) is 16.6. The quantitative estimate of drug-likeness (QED) is 0.477. The summed E-state index contributed by atoms with van der Waals surface area (Å²) in [4.78, 5) is 18.9. The van der Waals surface area contributed by atoms with Crippen LogP contribution in [0, 0.1) is 0 Å². The number of carbonyl (C=O) groups is 2. The van der Waals surface area contributed by atoms with Gasteiger partial charge in [0.25, 0.3) is 0 Å². The molecular formula is C8H17Cl2NO3S. The Hall–Kier alpha value is 0.190. The normalized spacial score (nSPS) is 8.27. The molecule has 0 aliphatic rings. The average Bonchev–Trinajstić information content (AvgIpc) is 2.05. The molecule has 0 bridgehead atoms. The summed E-state index contributed by atoms with van der Waals surface area (Å²) in [6.45, 7) is 6.39. The van der Waals surface area contributed by atoms with Gasteiger partial charge in [0, 0.05) is 0 Å². The first-order chi connectivity index (χ1) is 6.79. The Balaban J connectivity index is -0.000000147. The highest BCUT2D eigenvalue weighted by atomic mass is 35.5. The van der Waals surface area contributed by atoms with E-state index in [2.05, 4.69) is 42.4 Å². The predicted molar refractivity (Wildman–Crippen MR) is 65.9 cm³/mol. The van der Waals surface area contributed by atoms with Gasteiger partial charge in [-0.3, -0.25) is 9.59 Å². The molecule has 92 valence electrons. The van der Waals surface area contributed by atoms with Crippen LogP contribution in [0.5, 0.6) is 0 Å². The van der Waals surface area contributed by atoms with E-state index in [1.165, 1.54) is 0 Å². The molecule has 15 heavy (non-hydrogen) atoms. The lowest BCUT2D eigenvalue weighted by Crippen LogP contribution is -2.09. The molecule has 0 heterocycles. The maximum absolute atomic E-state index is 9.56. The monoisotopic (exact) mass is 277 g/mol. The second-order valence-electron chi connectivity index (χ2n) is 2.25. The highest BCUT2D eigenvalue weighted by Crippen LogP contribution is 1.84. The molecule has 0 rings (SSSR count). The summed E-state index contributed by atoms with van der Waals surface area (Å²) >= 11 is 8.37. The Bertz CT molecular complexity index is 151. The van der Waals surface area contributed by atoms with Crippen molar-refractivity contribution in [2.45, 2.75) is 13.8 Å². The Morgan fingerprint density at radius 3 is 1.33 bits per heavy atom. The topological polar surface area (TPSA) is 69.2 Å². The molecule has 0 atom stereocenters. The molecule has 0 radical (unpaired) electrons. The van der Waals surface area contributed by atoms with Gasteiger partial charge in [0.1, 0.15) is 0 Å². The van der Waals surface area contributed by atoms with E-state index in [9.17, 15) is 14.1 Å². The lowest BCUT2D eigenvalue weighted by Gasteiger charge is -1.87. The van der Waals surface area contributed by atoms with Crippen LogP contribution in [-0.2, 0) is 20.8 Å². The summed E-state index contributed by atoms with van der Waals surface area (Å²) in [7, 11) is 0. The van der Waals surface area contributed by atoms with Gasteiger partial charge in [0.2, 0.25) is 0 Å². The van der Waals surface area contributed by atoms with Crippen molar-refractivity contribution in [3.63, 3.8) is 0 Å². The number of nitrogens with one attached hydrogen (secondary N) is 1. The first-order valence-corrected chi connectivity index (χ1v) is 6.86. The zero-order chi connectivity index (χ0) is 12.9. The van der Waals surface area contributed by atoms with E-state index in [4.69, 9.17) is 0 Å². The van der Waals surface area contributed by atoms with Crippen LogP contribution in [-0.4, -0.2) is 40.6 Å². The van der Waals surface area contributed by atoms with E-state index in [1.807, 2.05) is 0 Å². The molecule has 0 fully saturated rings. The maximum Gasteiger partial charge on any atom is 0.304 e. The number of hydrogen-bond donors (Lipinski definition) is 1. The SMILES string of the molecule is CCNCC.C[S+](C)[O-].O=C(Cl)C(=O)Cl. The van der Waals surface area contributed by atoms with Crippen molar-refractivity contribution in [2.24, 2.45) is 0 Å². The molecule has 0 aromatic rings. The van der Waals surface area contributed by atoms with Crippen molar-refractivity contribution in [1.82, 2.24) is 5.32 Å². The van der Waals surface area contributed by atoms with Crippen LogP contribution in [0.4, 0.5) is 0 Å². The molecule has 0 aliphatic carbocycles. The van der Waals surface area contributed by atoms with Gasteiger partial charge in [-0.25, -0.2) is 0 Å². The first-order valence-electron chi connectivity index (χ1n) is 4.14. The Morgan fingerprint density at radius 1 is 1.13 bits per heavy atom. The number of carbonyl (C=O) groups excluding carboxylic acids is 2. The van der Waals surface area contributed by atoms with Crippen LogP contribution in [0.1, 0.15) is 13.8 Å². The van der Waals surface area contributed by atoms with Gasteiger partial charge in [0.05, 0.1) is 12.5 Å². The molecule has 0 aromatic heterocycles. The van der Waals surface area contributed by atoms with Gasteiger partial charge in [-0.2, -0.15) is 0 Å². The third-order valence-corrected chi connectivity index (χ3v) is 1.09. The Kier molecular flexibility index (Phi) is 22.8. The summed E-state index contributed by atoms with van der Waals surface area (Å²) < 4.78 is 9.56. The zero-order valence-corrected chi connectivity index (χ0v) is 11.6. The Morgan fingerprint density at radius 2 is 1.33 bits per heavy atom. The lowest BCUT2D eigenvalue weighted by molar-refractivity contribution is -0.127. The number of hydrogen-bond acceptors (Lipinski definition) is 4. The lowest BCUT2D eigenvalue weighted by atomic mass is 10.7. The minimum Gasteiger partial charge on any atom is -0.617 e. The van der Waals surface area contributed by atoms with E-state index < -0.39 is 21.7 Å². The molecule has 0 spiro atoms. The molecule has 0 saturated carbocycles. The smallest absolute Gasteiger partial charge is 0.304 e. The van der Waals surface area contributed by atoms with Gasteiger partial charge >= 0.3 is 10.5 Å². The van der Waals surface area contributed by atoms with Gasteiger partial charge in [-0.1, -0.05) is 25.0 Å². The van der Waals surface area contributed by atoms with Crippen molar-refractivity contribution in [3.8, 4) is 0 Å². The summed E-state index contributed by atoms with van der Waals surface area (Å²) in [5, 5.41) is 0.827. The van der Waals surface area contributed by atoms with E-state index in [0.29, 0.717) is 0 Å². The Labute approximate surface area is 104 Å². The summed E-state index contributed by atoms with van der Waals surface area (Å²) in [6.07, 6.45) is 3.28. The number of rotatable bonds is 3. The number of halogens is 2. The van der Waals surface area contributed by atoms with Gasteiger partial charge in [-0.05, 0) is 36.3 Å². The molecular weight excluding hydrogens is 261 g/mol. The highest BCUT2D eigenvalue weighted by molar-refractivity contribution is 7.89. The maximum atomic E-state index is 9.56. The van der Waals surface area contributed by atoms with E-state index in [0.717, 1.165) is 13.1 Å². The van der Waals surface area contributed by atoms with Crippen LogP contribution in [0.3, 0.4) is 0 Å². The minimum atomic E-state index is -1.14. The van der Waals surface area contributed by atoms with Crippen molar-refractivity contribution >= 4 is 44.9 Å². The van der Waals surface area contributed by atoms with Gasteiger partial charge in [-0.15, -0.1) is 0 Å². The fourth-order valence-electron chi connectivity index (χ4n) is 0.250. The van der Waals surface area contributed by atoms with Crippen molar-refractivity contribution < 1.29 is 14.1 Å². The van der Waals surface area contributed by atoms with Crippen LogP contribution in [0.15, 0.2) is 0 Å². The molecule has 0 unspecified atom stereocenters. The summed E-state index contributed by atoms with van der Waals surface area (Å²) in [5.41, 5.74) is 0. The second-order valence-corrected chi connectivity index (χ2v) is 4.42. The fourth-order valence-corrected chi connectivity index (χ4v) is 0.250. The van der Waals surface area contributed by atoms with Gasteiger partial charge in [0.15, 0.2) is 0 Å². The van der Waals surface area contributed by atoms with Crippen LogP contribution in [0.2, 0.25) is 0 Å². The first kappa shape index (κ1) is 20.6. The van der Waals surface area contributed by atoms with Crippen molar-refractivity contribution in [3.05, 3.63) is 0 Å². The van der Waals surface area contributed by atoms with Crippen LogP contribution < -0.4 is 5.32 Å². The van der Waals surface area contributed by atoms with Crippen molar-refractivity contribution in [1.29, 1.82) is 0 Å². The van der Waals surface area contributed by atoms with Gasteiger partial charge < -0.3 is 9.87 Å². The third-order valence-electron chi connectivity index (χ3n) is 0.655. The third kappa shape index (κ3) is 55.0. The van der Waals surface area contributed by atoms with E-state index >= 15 is 0 Å². The molecule has 0 saturated heterocycles. The zero-order valence-electron chi connectivity index (χ0n) is 9.30. The largest absolute Gasteiger partial charge is 0.617 e. The highest BCUT2D eigenvalue weighted by Gasteiger charge is 2.01. The predicted octanol–water partition coefficient (Wildman–Crippen LogP) is 1.13. The summed E-state index contributed by atoms with van der Waals surface area (Å²) in [5.74, 6) is 0.